The molecule has 0 aromatic heterocycles. The first-order valence-electron chi connectivity index (χ1n) is 11.3. The van der Waals surface area contributed by atoms with E-state index >= 15 is 0 Å². The first kappa shape index (κ1) is 23.2. The highest BCUT2D eigenvalue weighted by Gasteiger charge is 2.31. The third kappa shape index (κ3) is 4.58. The number of nitrogens with one attached hydrogen (secondary N) is 1. The predicted molar refractivity (Wildman–Crippen MR) is 140 cm³/mol. The molecule has 2 aliphatic heterocycles. The molecule has 172 valence electrons. The molecule has 33 heavy (non-hydrogen) atoms. The standard InChI is InChI=1S/C27H31N3O2S/c1-7-18-9-11-20(12-10-18)28-26-29-25(31)24(33-26)14-19-13-21-17(3)16-27(4,5)30(8-2)22(21)15-23(19)32-6/h9-16H,7-8H2,1-6H3,(H,28,29,31)/b24-14+. The molecule has 0 saturated carbocycles. The number of ether oxygens (including phenoxy) is 1. The van der Waals surface area contributed by atoms with Crippen LogP contribution >= 0.6 is 11.8 Å². The number of aliphatic imine (C=N–C) groups is 1. The Morgan fingerprint density at radius 1 is 1.18 bits per heavy atom. The molecule has 1 fully saturated rings. The van der Waals surface area contributed by atoms with E-state index in [4.69, 9.17) is 4.74 Å². The summed E-state index contributed by atoms with van der Waals surface area (Å²) < 4.78 is 5.74. The van der Waals surface area contributed by atoms with Crippen LogP contribution in [-0.2, 0) is 11.2 Å². The Balaban J connectivity index is 1.68. The normalized spacial score (nSPS) is 19.5. The quantitative estimate of drug-likeness (QED) is 0.541. The number of likely N-dealkylation sites (N-methyl/N-ethyl adjacent to an activating group) is 1. The van der Waals surface area contributed by atoms with Gasteiger partial charge < -0.3 is 15.0 Å². The van der Waals surface area contributed by atoms with E-state index in [0.717, 1.165) is 41.2 Å². The maximum Gasteiger partial charge on any atom is 0.264 e. The summed E-state index contributed by atoms with van der Waals surface area (Å²) in [7, 11) is 1.67. The zero-order valence-corrected chi connectivity index (χ0v) is 21.0. The number of rotatable bonds is 5. The van der Waals surface area contributed by atoms with E-state index in [0.29, 0.717) is 10.1 Å². The third-order valence-corrected chi connectivity index (χ3v) is 7.07. The van der Waals surface area contributed by atoms with Crippen molar-refractivity contribution < 1.29 is 9.53 Å². The highest BCUT2D eigenvalue weighted by Crippen LogP contribution is 2.43. The molecular weight excluding hydrogens is 430 g/mol. The predicted octanol–water partition coefficient (Wildman–Crippen LogP) is 6.17. The number of anilines is 1. The molecule has 5 nitrogen and oxygen atoms in total. The molecular formula is C27H31N3O2S. The van der Waals surface area contributed by atoms with Crippen LogP contribution in [0.3, 0.4) is 0 Å². The van der Waals surface area contributed by atoms with Crippen LogP contribution < -0.4 is 15.0 Å². The van der Waals surface area contributed by atoms with Crippen molar-refractivity contribution in [3.05, 3.63) is 64.1 Å². The summed E-state index contributed by atoms with van der Waals surface area (Å²) in [6.07, 6.45) is 5.18. The van der Waals surface area contributed by atoms with Gasteiger partial charge in [0.1, 0.15) is 5.75 Å². The average Bonchev–Trinajstić information content (AvgIpc) is 3.12. The molecule has 2 aromatic rings. The maximum absolute atomic E-state index is 12.7. The molecule has 1 saturated heterocycles. The molecule has 2 aromatic carbocycles. The Hall–Kier alpha value is -2.99. The number of hydrogen-bond acceptors (Lipinski definition) is 5. The van der Waals surface area contributed by atoms with Gasteiger partial charge in [-0.05, 0) is 81.3 Å². The van der Waals surface area contributed by atoms with Crippen LogP contribution in [0, 0.1) is 0 Å². The van der Waals surface area contributed by atoms with Crippen molar-refractivity contribution in [2.24, 2.45) is 4.99 Å². The molecule has 2 heterocycles. The number of allylic oxidation sites excluding steroid dienone is 1. The zero-order valence-electron chi connectivity index (χ0n) is 20.2. The molecule has 4 rings (SSSR count). The molecule has 1 amide bonds. The van der Waals surface area contributed by atoms with Gasteiger partial charge in [0.2, 0.25) is 0 Å². The lowest BCUT2D eigenvalue weighted by Crippen LogP contribution is -2.44. The number of fused-ring (bicyclic) bond motifs is 1. The minimum absolute atomic E-state index is 0.0707. The zero-order chi connectivity index (χ0) is 23.8. The molecule has 0 aliphatic carbocycles. The smallest absolute Gasteiger partial charge is 0.264 e. The van der Waals surface area contributed by atoms with E-state index in [-0.39, 0.29) is 11.4 Å². The Kier molecular flexibility index (Phi) is 6.39. The number of carbonyl (C=O) groups excluding carboxylic acids is 1. The fraction of sp³-hybridized carbons (Fsp3) is 0.333. The second-order valence-electron chi connectivity index (χ2n) is 8.84. The van der Waals surface area contributed by atoms with Crippen LogP contribution in [0.1, 0.15) is 51.3 Å². The van der Waals surface area contributed by atoms with E-state index in [1.807, 2.05) is 18.2 Å². The molecule has 6 heteroatoms. The highest BCUT2D eigenvalue weighted by molar-refractivity contribution is 8.18. The Morgan fingerprint density at radius 3 is 2.55 bits per heavy atom. The number of benzene rings is 2. The van der Waals surface area contributed by atoms with E-state index in [1.54, 1.807) is 7.11 Å². The van der Waals surface area contributed by atoms with Crippen molar-refractivity contribution in [2.45, 2.75) is 46.6 Å². The van der Waals surface area contributed by atoms with Gasteiger partial charge in [0.05, 0.1) is 23.2 Å². The van der Waals surface area contributed by atoms with Gasteiger partial charge >= 0.3 is 0 Å². The van der Waals surface area contributed by atoms with Crippen molar-refractivity contribution in [2.75, 3.05) is 18.6 Å². The minimum atomic E-state index is -0.146. The lowest BCUT2D eigenvalue weighted by Gasteiger charge is -2.43. The van der Waals surface area contributed by atoms with Crippen molar-refractivity contribution in [1.29, 1.82) is 0 Å². The molecule has 1 N–H and O–H groups in total. The second-order valence-corrected chi connectivity index (χ2v) is 9.87. The first-order chi connectivity index (χ1) is 15.7. The van der Waals surface area contributed by atoms with Crippen LogP contribution in [0.4, 0.5) is 11.4 Å². The van der Waals surface area contributed by atoms with E-state index in [9.17, 15) is 4.79 Å². The topological polar surface area (TPSA) is 53.9 Å². The maximum atomic E-state index is 12.7. The lowest BCUT2D eigenvalue weighted by atomic mass is 9.87. The summed E-state index contributed by atoms with van der Waals surface area (Å²) in [5, 5.41) is 3.47. The summed E-state index contributed by atoms with van der Waals surface area (Å²) >= 11 is 1.35. The summed E-state index contributed by atoms with van der Waals surface area (Å²) in [6, 6.07) is 12.3. The van der Waals surface area contributed by atoms with Crippen molar-refractivity contribution in [3.8, 4) is 5.75 Å². The average molecular weight is 462 g/mol. The van der Waals surface area contributed by atoms with Crippen molar-refractivity contribution in [1.82, 2.24) is 5.32 Å². The molecule has 0 spiro atoms. The van der Waals surface area contributed by atoms with Gasteiger partial charge in [-0.25, -0.2) is 4.99 Å². The summed E-state index contributed by atoms with van der Waals surface area (Å²) in [4.78, 5) is 20.2. The third-order valence-electron chi connectivity index (χ3n) is 6.16. The molecule has 0 radical (unpaired) electrons. The Bertz CT molecular complexity index is 1180. The van der Waals surface area contributed by atoms with Crippen molar-refractivity contribution >= 4 is 45.9 Å². The van der Waals surface area contributed by atoms with Crippen LogP contribution in [0.5, 0.6) is 5.75 Å². The highest BCUT2D eigenvalue weighted by atomic mass is 32.2. The summed E-state index contributed by atoms with van der Waals surface area (Å²) in [6.45, 7) is 11.8. The lowest BCUT2D eigenvalue weighted by molar-refractivity contribution is -0.115. The van der Waals surface area contributed by atoms with Crippen LogP contribution in [-0.4, -0.2) is 30.3 Å². The van der Waals surface area contributed by atoms with E-state index in [1.165, 1.54) is 22.9 Å². The van der Waals surface area contributed by atoms with E-state index in [2.05, 4.69) is 80.2 Å². The van der Waals surface area contributed by atoms with Gasteiger partial charge in [0.25, 0.3) is 5.91 Å². The number of hydrogen-bond donors (Lipinski definition) is 1. The molecule has 2 aliphatic rings. The second kappa shape index (κ2) is 9.10. The SMILES string of the molecule is CCc1ccc(N=C2NC(=O)/C(=C\c3cc4c(cc3OC)N(CC)C(C)(C)C=C4C)S2)cc1. The minimum Gasteiger partial charge on any atom is -0.496 e. The Labute approximate surface area is 200 Å². The van der Waals surface area contributed by atoms with Crippen LogP contribution in [0.25, 0.3) is 11.6 Å². The molecule has 0 atom stereocenters. The number of nitrogens with zero attached hydrogens (tertiary/aromatic N) is 2. The van der Waals surface area contributed by atoms with Gasteiger partial charge in [-0.15, -0.1) is 0 Å². The number of amidine groups is 1. The van der Waals surface area contributed by atoms with Gasteiger partial charge in [-0.2, -0.15) is 0 Å². The monoisotopic (exact) mass is 461 g/mol. The first-order valence-corrected chi connectivity index (χ1v) is 12.2. The van der Waals surface area contributed by atoms with Gasteiger partial charge in [-0.3, -0.25) is 4.79 Å². The van der Waals surface area contributed by atoms with Gasteiger partial charge in [-0.1, -0.05) is 25.1 Å². The fourth-order valence-corrected chi connectivity index (χ4v) is 5.37. The van der Waals surface area contributed by atoms with E-state index < -0.39 is 0 Å². The number of methoxy groups -OCH3 is 1. The Morgan fingerprint density at radius 2 is 1.91 bits per heavy atom. The number of carbonyl (C=O) groups is 1. The van der Waals surface area contributed by atoms with Gasteiger partial charge in [0.15, 0.2) is 5.17 Å². The fourth-order valence-electron chi connectivity index (χ4n) is 4.53. The summed E-state index contributed by atoms with van der Waals surface area (Å²) in [5.41, 5.74) is 6.44. The molecule has 0 bridgehead atoms. The molecule has 0 unspecified atom stereocenters. The number of thioether (sulfide) groups is 1. The number of aryl methyl sites for hydroxylation is 1. The number of amides is 1. The van der Waals surface area contributed by atoms with Gasteiger partial charge in [0, 0.05) is 29.4 Å². The summed E-state index contributed by atoms with van der Waals surface area (Å²) in [5.74, 6) is 0.603. The van der Waals surface area contributed by atoms with Crippen molar-refractivity contribution in [3.63, 3.8) is 0 Å². The largest absolute Gasteiger partial charge is 0.496 e. The van der Waals surface area contributed by atoms with Crippen LogP contribution in [0.15, 0.2) is 52.4 Å². The van der Waals surface area contributed by atoms with Crippen LogP contribution in [0.2, 0.25) is 0 Å².